The molecule has 9 heteroatoms. The van der Waals surface area contributed by atoms with E-state index < -0.39 is 16.1 Å². The number of hydrogen-bond donors (Lipinski definition) is 0. The Bertz CT molecular complexity index is 687. The van der Waals surface area contributed by atoms with E-state index >= 15 is 0 Å². The molecule has 0 unspecified atom stereocenters. The van der Waals surface area contributed by atoms with E-state index in [0.717, 1.165) is 0 Å². The molecule has 0 atom stereocenters. The van der Waals surface area contributed by atoms with Crippen LogP contribution in [0.3, 0.4) is 0 Å². The molecular formula is C15H21ClN2O5S. The summed E-state index contributed by atoms with van der Waals surface area (Å²) in [5.41, 5.74) is 0. The fraction of sp³-hybridized carbons (Fsp3) is 0.533. The summed E-state index contributed by atoms with van der Waals surface area (Å²) < 4.78 is 37.1. The lowest BCUT2D eigenvalue weighted by Crippen LogP contribution is -2.50. The van der Waals surface area contributed by atoms with Crippen LogP contribution < -0.4 is 4.74 Å². The lowest BCUT2D eigenvalue weighted by Gasteiger charge is -2.33. The van der Waals surface area contributed by atoms with E-state index in [1.165, 1.54) is 27.4 Å². The first-order valence-corrected chi connectivity index (χ1v) is 9.56. The molecule has 0 aromatic heterocycles. The van der Waals surface area contributed by atoms with Gasteiger partial charge in [-0.2, -0.15) is 4.31 Å². The average Bonchev–Trinajstić information content (AvgIpc) is 2.57. The molecule has 0 spiro atoms. The van der Waals surface area contributed by atoms with Crippen molar-refractivity contribution in [3.8, 4) is 5.75 Å². The molecule has 24 heavy (non-hydrogen) atoms. The number of carbonyl (C=O) groups is 1. The van der Waals surface area contributed by atoms with Gasteiger partial charge in [-0.25, -0.2) is 13.2 Å². The van der Waals surface area contributed by atoms with Gasteiger partial charge in [-0.05, 0) is 26.0 Å². The molecule has 1 fully saturated rings. The Labute approximate surface area is 147 Å². The minimum absolute atomic E-state index is 0.125. The Hall–Kier alpha value is -1.51. The van der Waals surface area contributed by atoms with Crippen LogP contribution in [0.15, 0.2) is 23.1 Å². The number of nitrogens with zero attached hydrogens (tertiary/aromatic N) is 2. The van der Waals surface area contributed by atoms with E-state index in [9.17, 15) is 13.2 Å². The number of halogens is 1. The largest absolute Gasteiger partial charge is 0.492 e. The van der Waals surface area contributed by atoms with Crippen LogP contribution in [0.5, 0.6) is 5.75 Å². The first-order chi connectivity index (χ1) is 11.4. The van der Waals surface area contributed by atoms with Gasteiger partial charge in [0.2, 0.25) is 10.0 Å². The molecule has 1 aliphatic heterocycles. The molecule has 7 nitrogen and oxygen atoms in total. The minimum atomic E-state index is -3.67. The normalized spacial score (nSPS) is 16.0. The Morgan fingerprint density at radius 2 is 1.83 bits per heavy atom. The van der Waals surface area contributed by atoms with Gasteiger partial charge in [0.15, 0.2) is 0 Å². The van der Waals surface area contributed by atoms with Gasteiger partial charge in [0.25, 0.3) is 0 Å². The van der Waals surface area contributed by atoms with Gasteiger partial charge in [-0.1, -0.05) is 11.6 Å². The maximum Gasteiger partial charge on any atom is 0.409 e. The zero-order chi connectivity index (χ0) is 17.7. The lowest BCUT2D eigenvalue weighted by atomic mass is 10.3. The summed E-state index contributed by atoms with van der Waals surface area (Å²) in [5.74, 6) is 0.338. The monoisotopic (exact) mass is 376 g/mol. The number of benzene rings is 1. The van der Waals surface area contributed by atoms with Gasteiger partial charge in [-0.3, -0.25) is 0 Å². The molecule has 0 aliphatic carbocycles. The number of hydrogen-bond acceptors (Lipinski definition) is 5. The maximum absolute atomic E-state index is 12.7. The van der Waals surface area contributed by atoms with E-state index in [2.05, 4.69) is 0 Å². The van der Waals surface area contributed by atoms with E-state index in [4.69, 9.17) is 21.1 Å². The van der Waals surface area contributed by atoms with Crippen LogP contribution in [0, 0.1) is 0 Å². The number of amides is 1. The Morgan fingerprint density at radius 3 is 2.42 bits per heavy atom. The number of sulfonamides is 1. The summed E-state index contributed by atoms with van der Waals surface area (Å²) in [4.78, 5) is 13.3. The van der Waals surface area contributed by atoms with E-state index in [1.807, 2.05) is 0 Å². The van der Waals surface area contributed by atoms with E-state index in [1.54, 1.807) is 13.8 Å². The van der Waals surface area contributed by atoms with Gasteiger partial charge < -0.3 is 14.4 Å². The first-order valence-electron chi connectivity index (χ1n) is 7.74. The molecule has 1 aromatic carbocycles. The van der Waals surface area contributed by atoms with Crippen LogP contribution >= 0.6 is 11.6 Å². The molecule has 1 amide bonds. The SMILES string of the molecule is CCOC(=O)N1CCN(S(=O)(=O)c2ccc(Cl)c(OCC)c2)CC1. The smallest absolute Gasteiger partial charge is 0.409 e. The number of piperazine rings is 1. The summed E-state index contributed by atoms with van der Waals surface area (Å²) in [7, 11) is -3.67. The second-order valence-electron chi connectivity index (χ2n) is 5.12. The summed E-state index contributed by atoms with van der Waals surface area (Å²) in [5, 5.41) is 0.364. The van der Waals surface area contributed by atoms with Crippen LogP contribution in [0.1, 0.15) is 13.8 Å². The summed E-state index contributed by atoms with van der Waals surface area (Å²) in [6, 6.07) is 4.39. The van der Waals surface area contributed by atoms with Crippen molar-refractivity contribution in [1.82, 2.24) is 9.21 Å². The quantitative estimate of drug-likeness (QED) is 0.787. The predicted octanol–water partition coefficient (Wildman–Crippen LogP) is 2.20. The third-order valence-electron chi connectivity index (χ3n) is 3.60. The second-order valence-corrected chi connectivity index (χ2v) is 7.46. The molecule has 0 N–H and O–H groups in total. The van der Waals surface area contributed by atoms with E-state index in [0.29, 0.717) is 37.1 Å². The number of rotatable bonds is 5. The molecule has 0 radical (unpaired) electrons. The Kier molecular flexibility index (Phi) is 6.31. The van der Waals surface area contributed by atoms with Crippen molar-refractivity contribution in [3.63, 3.8) is 0 Å². The fourth-order valence-electron chi connectivity index (χ4n) is 2.39. The van der Waals surface area contributed by atoms with E-state index in [-0.39, 0.29) is 18.0 Å². The molecule has 1 aliphatic rings. The molecule has 2 rings (SSSR count). The van der Waals surface area contributed by atoms with Gasteiger partial charge in [0.05, 0.1) is 23.1 Å². The molecule has 1 aromatic rings. The third kappa shape index (κ3) is 4.12. The zero-order valence-corrected chi connectivity index (χ0v) is 15.3. The van der Waals surface area contributed by atoms with Crippen molar-refractivity contribution >= 4 is 27.7 Å². The van der Waals surface area contributed by atoms with Crippen LogP contribution in [0.4, 0.5) is 4.79 Å². The van der Waals surface area contributed by atoms with Crippen molar-refractivity contribution in [2.24, 2.45) is 0 Å². The maximum atomic E-state index is 12.7. The first kappa shape index (κ1) is 18.8. The van der Waals surface area contributed by atoms with Crippen molar-refractivity contribution < 1.29 is 22.7 Å². The van der Waals surface area contributed by atoms with Crippen molar-refractivity contribution in [2.75, 3.05) is 39.4 Å². The molecule has 0 bridgehead atoms. The second kappa shape index (κ2) is 8.04. The standard InChI is InChI=1S/C15H21ClN2O5S/c1-3-22-14-11-12(5-6-13(14)16)24(20,21)18-9-7-17(8-10-18)15(19)23-4-2/h5-6,11H,3-4,7-10H2,1-2H3. The highest BCUT2D eigenvalue weighted by Crippen LogP contribution is 2.29. The fourth-order valence-corrected chi connectivity index (χ4v) is 4.00. The third-order valence-corrected chi connectivity index (χ3v) is 5.81. The van der Waals surface area contributed by atoms with Gasteiger partial charge in [-0.15, -0.1) is 0 Å². The van der Waals surface area contributed by atoms with Crippen molar-refractivity contribution in [2.45, 2.75) is 18.7 Å². The molecular weight excluding hydrogens is 356 g/mol. The minimum Gasteiger partial charge on any atom is -0.492 e. The topological polar surface area (TPSA) is 76.2 Å². The number of carbonyl (C=O) groups excluding carboxylic acids is 1. The highest BCUT2D eigenvalue weighted by atomic mass is 35.5. The van der Waals surface area contributed by atoms with Crippen molar-refractivity contribution in [1.29, 1.82) is 0 Å². The van der Waals surface area contributed by atoms with Gasteiger partial charge in [0.1, 0.15) is 5.75 Å². The summed E-state index contributed by atoms with van der Waals surface area (Å²) in [6.45, 7) is 5.24. The average molecular weight is 377 g/mol. The van der Waals surface area contributed by atoms with Gasteiger partial charge >= 0.3 is 6.09 Å². The van der Waals surface area contributed by atoms with Gasteiger partial charge in [0, 0.05) is 32.2 Å². The van der Waals surface area contributed by atoms with Crippen LogP contribution in [-0.4, -0.2) is 63.1 Å². The lowest BCUT2D eigenvalue weighted by molar-refractivity contribution is 0.0934. The molecule has 1 heterocycles. The molecule has 0 saturated carbocycles. The van der Waals surface area contributed by atoms with Crippen LogP contribution in [-0.2, 0) is 14.8 Å². The Morgan fingerprint density at radius 1 is 1.17 bits per heavy atom. The van der Waals surface area contributed by atoms with Crippen LogP contribution in [0.25, 0.3) is 0 Å². The van der Waals surface area contributed by atoms with Crippen molar-refractivity contribution in [3.05, 3.63) is 23.2 Å². The summed E-state index contributed by atoms with van der Waals surface area (Å²) in [6.07, 6.45) is -0.417. The predicted molar refractivity (Wildman–Crippen MR) is 90.0 cm³/mol. The zero-order valence-electron chi connectivity index (χ0n) is 13.7. The number of ether oxygens (including phenoxy) is 2. The molecule has 134 valence electrons. The Balaban J connectivity index is 2.12. The highest BCUT2D eigenvalue weighted by molar-refractivity contribution is 7.89. The molecule has 1 saturated heterocycles. The highest BCUT2D eigenvalue weighted by Gasteiger charge is 2.31. The van der Waals surface area contributed by atoms with Crippen LogP contribution in [0.2, 0.25) is 5.02 Å². The summed E-state index contributed by atoms with van der Waals surface area (Å²) >= 11 is 6.00.